The number of ether oxygens (including phenoxy) is 1. The van der Waals surface area contributed by atoms with Crippen molar-refractivity contribution in [1.82, 2.24) is 5.32 Å². The number of nitrogens with one attached hydrogen (secondary N) is 1. The van der Waals surface area contributed by atoms with E-state index in [0.717, 1.165) is 26.0 Å². The van der Waals surface area contributed by atoms with Crippen molar-refractivity contribution in [3.05, 3.63) is 0 Å². The zero-order valence-electron chi connectivity index (χ0n) is 10.9. The van der Waals surface area contributed by atoms with Crippen LogP contribution in [0.1, 0.15) is 33.1 Å². The molecule has 0 spiro atoms. The second kappa shape index (κ2) is 7.34. The van der Waals surface area contributed by atoms with Crippen LogP contribution in [0.3, 0.4) is 0 Å². The van der Waals surface area contributed by atoms with Gasteiger partial charge in [-0.1, -0.05) is 13.8 Å². The van der Waals surface area contributed by atoms with E-state index in [1.807, 2.05) is 6.92 Å². The third-order valence-corrected chi connectivity index (χ3v) is 5.12. The van der Waals surface area contributed by atoms with Crippen molar-refractivity contribution < 1.29 is 13.2 Å². The van der Waals surface area contributed by atoms with Gasteiger partial charge >= 0.3 is 0 Å². The predicted molar refractivity (Wildman–Crippen MR) is 70.0 cm³/mol. The second-order valence-corrected chi connectivity index (χ2v) is 7.03. The topological polar surface area (TPSA) is 55.4 Å². The van der Waals surface area contributed by atoms with Gasteiger partial charge in [0.15, 0.2) is 9.84 Å². The van der Waals surface area contributed by atoms with Crippen molar-refractivity contribution >= 4 is 9.84 Å². The Morgan fingerprint density at radius 2 is 2.06 bits per heavy atom. The second-order valence-electron chi connectivity index (χ2n) is 4.72. The molecule has 0 bridgehead atoms. The highest BCUT2D eigenvalue weighted by molar-refractivity contribution is 7.91. The monoisotopic (exact) mass is 263 g/mol. The highest BCUT2D eigenvalue weighted by Gasteiger charge is 2.26. The van der Waals surface area contributed by atoms with Gasteiger partial charge in [-0.3, -0.25) is 0 Å². The van der Waals surface area contributed by atoms with Gasteiger partial charge in [-0.05, 0) is 25.2 Å². The lowest BCUT2D eigenvalue weighted by molar-refractivity contribution is 0.0874. The average Bonchev–Trinajstić information content (AvgIpc) is 2.71. The highest BCUT2D eigenvalue weighted by Crippen LogP contribution is 2.22. The predicted octanol–water partition coefficient (Wildman–Crippen LogP) is 1.22. The standard InChI is InChI=1S/C12H25NO3S/c1-3-8-17(14,15)9-6-13-10-11-5-7-16-12(11)4-2/h11-13H,3-10H2,1-2H3. The molecule has 17 heavy (non-hydrogen) atoms. The Labute approximate surface area is 105 Å². The van der Waals surface area contributed by atoms with Crippen molar-refractivity contribution in [1.29, 1.82) is 0 Å². The average molecular weight is 263 g/mol. The largest absolute Gasteiger partial charge is 0.378 e. The summed E-state index contributed by atoms with van der Waals surface area (Å²) in [6, 6.07) is 0. The van der Waals surface area contributed by atoms with Gasteiger partial charge in [0.2, 0.25) is 0 Å². The lowest BCUT2D eigenvalue weighted by atomic mass is 10.00. The maximum Gasteiger partial charge on any atom is 0.151 e. The quantitative estimate of drug-likeness (QED) is 0.669. The van der Waals surface area contributed by atoms with Gasteiger partial charge in [0, 0.05) is 25.4 Å². The number of hydrogen-bond donors (Lipinski definition) is 1. The lowest BCUT2D eigenvalue weighted by Gasteiger charge is -2.17. The number of sulfone groups is 1. The molecule has 1 N–H and O–H groups in total. The Morgan fingerprint density at radius 3 is 2.71 bits per heavy atom. The third-order valence-electron chi connectivity index (χ3n) is 3.26. The Kier molecular flexibility index (Phi) is 6.44. The van der Waals surface area contributed by atoms with E-state index in [-0.39, 0.29) is 5.75 Å². The summed E-state index contributed by atoms with van der Waals surface area (Å²) in [5.74, 6) is 1.11. The van der Waals surface area contributed by atoms with Crippen LogP contribution in [0.4, 0.5) is 0 Å². The van der Waals surface area contributed by atoms with E-state index >= 15 is 0 Å². The highest BCUT2D eigenvalue weighted by atomic mass is 32.2. The Bertz CT molecular complexity index is 303. The molecule has 1 heterocycles. The molecule has 0 aliphatic carbocycles. The molecule has 0 radical (unpaired) electrons. The minimum absolute atomic E-state index is 0.255. The molecule has 0 aromatic carbocycles. The zero-order valence-corrected chi connectivity index (χ0v) is 11.8. The molecule has 5 heteroatoms. The molecule has 1 aliphatic heterocycles. The van der Waals surface area contributed by atoms with Crippen LogP contribution in [0, 0.1) is 5.92 Å². The Balaban J connectivity index is 2.16. The van der Waals surface area contributed by atoms with Gasteiger partial charge in [0.05, 0.1) is 11.9 Å². The summed E-state index contributed by atoms with van der Waals surface area (Å²) in [5, 5.41) is 3.25. The van der Waals surface area contributed by atoms with Crippen LogP contribution in [-0.4, -0.2) is 45.7 Å². The van der Waals surface area contributed by atoms with Gasteiger partial charge in [-0.15, -0.1) is 0 Å². The summed E-state index contributed by atoms with van der Waals surface area (Å²) in [7, 11) is -2.84. The first-order chi connectivity index (χ1) is 8.09. The van der Waals surface area contributed by atoms with Crippen LogP contribution >= 0.6 is 0 Å². The lowest BCUT2D eigenvalue weighted by Crippen LogP contribution is -2.32. The summed E-state index contributed by atoms with van der Waals surface area (Å²) in [4.78, 5) is 0. The molecule has 0 amide bonds. The molecule has 2 unspecified atom stereocenters. The van der Waals surface area contributed by atoms with Crippen LogP contribution in [-0.2, 0) is 14.6 Å². The van der Waals surface area contributed by atoms with Crippen molar-refractivity contribution in [2.75, 3.05) is 31.2 Å². The first-order valence-corrected chi connectivity index (χ1v) is 8.44. The van der Waals surface area contributed by atoms with Crippen LogP contribution in [0.15, 0.2) is 0 Å². The molecule has 102 valence electrons. The van der Waals surface area contributed by atoms with E-state index in [4.69, 9.17) is 4.74 Å². The maximum absolute atomic E-state index is 11.5. The zero-order chi connectivity index (χ0) is 12.7. The molecular formula is C12H25NO3S. The van der Waals surface area contributed by atoms with E-state index in [9.17, 15) is 8.42 Å². The SMILES string of the molecule is CCCS(=O)(=O)CCNCC1CCOC1CC. The Hall–Kier alpha value is -0.130. The minimum atomic E-state index is -2.84. The van der Waals surface area contributed by atoms with Crippen molar-refractivity contribution in [2.24, 2.45) is 5.92 Å². The number of rotatable bonds is 8. The van der Waals surface area contributed by atoms with Crippen LogP contribution < -0.4 is 5.32 Å². The maximum atomic E-state index is 11.5. The molecule has 1 fully saturated rings. The van der Waals surface area contributed by atoms with Gasteiger partial charge < -0.3 is 10.1 Å². The molecule has 0 aromatic rings. The van der Waals surface area contributed by atoms with Gasteiger partial charge in [0.1, 0.15) is 0 Å². The summed E-state index contributed by atoms with van der Waals surface area (Å²) < 4.78 is 28.6. The van der Waals surface area contributed by atoms with Crippen LogP contribution in [0.2, 0.25) is 0 Å². The van der Waals surface area contributed by atoms with Crippen LogP contribution in [0.5, 0.6) is 0 Å². The van der Waals surface area contributed by atoms with E-state index < -0.39 is 9.84 Å². The fraction of sp³-hybridized carbons (Fsp3) is 1.00. The first kappa shape index (κ1) is 14.9. The van der Waals surface area contributed by atoms with E-state index in [1.165, 1.54) is 0 Å². The van der Waals surface area contributed by atoms with Crippen LogP contribution in [0.25, 0.3) is 0 Å². The number of hydrogen-bond acceptors (Lipinski definition) is 4. The summed E-state index contributed by atoms with van der Waals surface area (Å²) in [5.41, 5.74) is 0. The molecule has 0 aromatic heterocycles. The van der Waals surface area contributed by atoms with Gasteiger partial charge in [-0.25, -0.2) is 8.42 Å². The minimum Gasteiger partial charge on any atom is -0.378 e. The first-order valence-electron chi connectivity index (χ1n) is 6.61. The normalized spacial score (nSPS) is 25.3. The van der Waals surface area contributed by atoms with Gasteiger partial charge in [-0.2, -0.15) is 0 Å². The summed E-state index contributed by atoms with van der Waals surface area (Å²) >= 11 is 0. The van der Waals surface area contributed by atoms with E-state index in [1.54, 1.807) is 0 Å². The fourth-order valence-corrected chi connectivity index (χ4v) is 3.59. The van der Waals surface area contributed by atoms with Crippen molar-refractivity contribution in [3.8, 4) is 0 Å². The molecule has 1 rings (SSSR count). The van der Waals surface area contributed by atoms with Crippen molar-refractivity contribution in [2.45, 2.75) is 39.2 Å². The molecule has 2 atom stereocenters. The molecule has 1 saturated heterocycles. The fourth-order valence-electron chi connectivity index (χ4n) is 2.31. The molecule has 1 aliphatic rings. The smallest absolute Gasteiger partial charge is 0.151 e. The van der Waals surface area contributed by atoms with Gasteiger partial charge in [0.25, 0.3) is 0 Å². The molecular weight excluding hydrogens is 238 g/mol. The molecule has 4 nitrogen and oxygen atoms in total. The van der Waals surface area contributed by atoms with E-state index in [2.05, 4.69) is 12.2 Å². The summed E-state index contributed by atoms with van der Waals surface area (Å²) in [6.07, 6.45) is 3.19. The van der Waals surface area contributed by atoms with E-state index in [0.29, 0.717) is 30.7 Å². The summed E-state index contributed by atoms with van der Waals surface area (Å²) in [6.45, 7) is 6.32. The Morgan fingerprint density at radius 1 is 1.29 bits per heavy atom. The van der Waals surface area contributed by atoms with Crippen molar-refractivity contribution in [3.63, 3.8) is 0 Å². The molecule has 0 saturated carbocycles. The third kappa shape index (κ3) is 5.36.